The molecule has 0 aliphatic carbocycles. The van der Waals surface area contributed by atoms with Crippen LogP contribution in [0.1, 0.15) is 0 Å². The van der Waals surface area contributed by atoms with E-state index in [-0.39, 0.29) is 10.9 Å². The highest BCUT2D eigenvalue weighted by Gasteiger charge is 2.38. The van der Waals surface area contributed by atoms with Gasteiger partial charge in [-0.05, 0) is 100 Å². The van der Waals surface area contributed by atoms with E-state index in [1.807, 2.05) is 6.07 Å². The average molecular weight is 886 g/mol. The van der Waals surface area contributed by atoms with Crippen LogP contribution in [0.3, 0.4) is 0 Å². The van der Waals surface area contributed by atoms with E-state index in [1.165, 1.54) is 14.7 Å². The first-order valence-corrected chi connectivity index (χ1v) is 15.6. The second-order valence-corrected chi connectivity index (χ2v) is 14.4. The molecule has 0 atom stereocenters. The summed E-state index contributed by atoms with van der Waals surface area (Å²) in [6.07, 6.45) is 0. The van der Waals surface area contributed by atoms with Gasteiger partial charge in [0.1, 0.15) is 10.9 Å². The van der Waals surface area contributed by atoms with Crippen molar-refractivity contribution in [3.8, 4) is 0 Å². The quantitative estimate of drug-likeness (QED) is 0.150. The SMILES string of the molecule is Brc1cc(Br)c([S+](c2ccccc2)c2c(Br)cc(Br)cc2Br)c(Br)c1.O=S(=O)([O-])C(F)(F)F. The summed E-state index contributed by atoms with van der Waals surface area (Å²) in [5, 5.41) is 0. The second-order valence-electron chi connectivity index (χ2n) is 5.92. The summed E-state index contributed by atoms with van der Waals surface area (Å²) < 4.78 is 65.2. The Hall–Kier alpha value is 0.590. The molecule has 0 amide bonds. The van der Waals surface area contributed by atoms with E-state index in [0.29, 0.717) is 0 Å². The number of halogens is 9. The zero-order valence-corrected chi connectivity index (χ0v) is 26.8. The first-order chi connectivity index (χ1) is 15.1. The maximum absolute atomic E-state index is 10.7. The topological polar surface area (TPSA) is 57.2 Å². The minimum atomic E-state index is -6.09. The lowest BCUT2D eigenvalue weighted by Gasteiger charge is -2.14. The summed E-state index contributed by atoms with van der Waals surface area (Å²) in [4.78, 5) is 3.66. The molecule has 0 aromatic heterocycles. The second kappa shape index (κ2) is 12.2. The van der Waals surface area contributed by atoms with Crippen molar-refractivity contribution >= 4 is 117 Å². The monoisotopic (exact) mass is 880 g/mol. The third kappa shape index (κ3) is 8.04. The Morgan fingerprint density at radius 3 is 1.27 bits per heavy atom. The van der Waals surface area contributed by atoms with Gasteiger partial charge in [0.2, 0.25) is 0 Å². The first-order valence-electron chi connectivity index (χ1n) is 8.24. The van der Waals surface area contributed by atoms with Crippen LogP contribution in [0.5, 0.6) is 0 Å². The van der Waals surface area contributed by atoms with Crippen LogP contribution in [0.15, 0.2) is 96.1 Å². The van der Waals surface area contributed by atoms with Crippen molar-refractivity contribution in [1.82, 2.24) is 0 Å². The number of benzene rings is 3. The Labute approximate surface area is 241 Å². The van der Waals surface area contributed by atoms with Crippen LogP contribution in [0, 0.1) is 0 Å². The van der Waals surface area contributed by atoms with Gasteiger partial charge in [0, 0.05) is 8.95 Å². The predicted octanol–water partition coefficient (Wildman–Crippen LogP) is 9.41. The molecule has 3 nitrogen and oxygen atoms in total. The van der Waals surface area contributed by atoms with Crippen molar-refractivity contribution in [2.24, 2.45) is 0 Å². The summed E-state index contributed by atoms with van der Waals surface area (Å²) in [7, 11) is -6.40. The minimum absolute atomic E-state index is 0.307. The Bertz CT molecular complexity index is 1150. The third-order valence-corrected chi connectivity index (χ3v) is 11.1. The van der Waals surface area contributed by atoms with Crippen LogP contribution in [0.2, 0.25) is 0 Å². The van der Waals surface area contributed by atoms with Gasteiger partial charge < -0.3 is 4.55 Å². The van der Waals surface area contributed by atoms with Gasteiger partial charge in [-0.1, -0.05) is 50.1 Å². The van der Waals surface area contributed by atoms with E-state index in [2.05, 4.69) is 144 Å². The Morgan fingerprint density at radius 1 is 0.697 bits per heavy atom. The zero-order chi connectivity index (χ0) is 25.1. The molecule has 3 rings (SSSR count). The Morgan fingerprint density at radius 2 is 1.00 bits per heavy atom. The van der Waals surface area contributed by atoms with Gasteiger partial charge in [0.15, 0.2) is 24.8 Å². The Balaban J connectivity index is 0.000000414. The smallest absolute Gasteiger partial charge is 0.485 e. The molecule has 3 aromatic carbocycles. The van der Waals surface area contributed by atoms with Crippen LogP contribution in [-0.4, -0.2) is 18.5 Å². The van der Waals surface area contributed by atoms with Crippen LogP contribution in [0.25, 0.3) is 0 Å². The van der Waals surface area contributed by atoms with Gasteiger partial charge in [-0.25, -0.2) is 8.42 Å². The fourth-order valence-corrected chi connectivity index (χ4v) is 10.9. The molecule has 0 radical (unpaired) electrons. The summed E-state index contributed by atoms with van der Waals surface area (Å²) in [6.45, 7) is 0. The largest absolute Gasteiger partial charge is 0.741 e. The molecule has 0 unspecified atom stereocenters. The average Bonchev–Trinajstić information content (AvgIpc) is 2.65. The predicted molar refractivity (Wildman–Crippen MR) is 143 cm³/mol. The summed E-state index contributed by atoms with van der Waals surface area (Å²) in [6, 6.07) is 18.9. The molecule has 0 fully saturated rings. The van der Waals surface area contributed by atoms with Crippen molar-refractivity contribution in [3.05, 3.63) is 81.4 Å². The highest BCUT2D eigenvalue weighted by Crippen LogP contribution is 2.46. The maximum atomic E-state index is 10.7. The van der Waals surface area contributed by atoms with E-state index in [4.69, 9.17) is 13.0 Å². The summed E-state index contributed by atoms with van der Waals surface area (Å²) >= 11 is 22.2. The van der Waals surface area contributed by atoms with Crippen molar-refractivity contribution in [3.63, 3.8) is 0 Å². The van der Waals surface area contributed by atoms with Crippen molar-refractivity contribution < 1.29 is 26.1 Å². The van der Waals surface area contributed by atoms with Gasteiger partial charge in [0.05, 0.1) is 17.9 Å². The fourth-order valence-electron chi connectivity index (χ4n) is 2.34. The fraction of sp³-hybridized carbons (Fsp3) is 0.0526. The number of rotatable bonds is 3. The minimum Gasteiger partial charge on any atom is -0.741 e. The molecular weight excluding hydrogens is 877 g/mol. The molecule has 14 heteroatoms. The van der Waals surface area contributed by atoms with Crippen LogP contribution in [-0.2, 0) is 21.0 Å². The molecule has 178 valence electrons. The lowest BCUT2D eigenvalue weighted by atomic mass is 10.3. The summed E-state index contributed by atoms with van der Waals surface area (Å²) in [5.41, 5.74) is -5.65. The lowest BCUT2D eigenvalue weighted by molar-refractivity contribution is -0.0517. The van der Waals surface area contributed by atoms with Gasteiger partial charge in [-0.3, -0.25) is 0 Å². The van der Waals surface area contributed by atoms with Gasteiger partial charge in [-0.2, -0.15) is 13.2 Å². The molecule has 0 spiro atoms. The van der Waals surface area contributed by atoms with Crippen LogP contribution >= 0.6 is 95.6 Å². The van der Waals surface area contributed by atoms with E-state index < -0.39 is 15.6 Å². The molecule has 0 saturated carbocycles. The van der Waals surface area contributed by atoms with Gasteiger partial charge in [-0.15, -0.1) is 0 Å². The molecule has 0 bridgehead atoms. The van der Waals surface area contributed by atoms with Crippen LogP contribution in [0.4, 0.5) is 13.2 Å². The first kappa shape index (κ1) is 29.8. The molecule has 3 aromatic rings. The van der Waals surface area contributed by atoms with E-state index in [1.54, 1.807) is 0 Å². The molecule has 33 heavy (non-hydrogen) atoms. The molecule has 0 N–H and O–H groups in total. The van der Waals surface area contributed by atoms with Gasteiger partial charge in [0.25, 0.3) is 0 Å². The summed E-state index contributed by atoms with van der Waals surface area (Å²) in [5.74, 6) is 0. The molecular formula is C19H9Br6F3O3S2. The normalized spacial score (nSPS) is 11.8. The van der Waals surface area contributed by atoms with E-state index >= 15 is 0 Å². The number of hydrogen-bond acceptors (Lipinski definition) is 3. The third-order valence-electron chi connectivity index (χ3n) is 3.60. The Kier molecular flexibility index (Phi) is 11.0. The van der Waals surface area contributed by atoms with E-state index in [0.717, 1.165) is 26.8 Å². The highest BCUT2D eigenvalue weighted by molar-refractivity contribution is 9.12. The van der Waals surface area contributed by atoms with Gasteiger partial charge >= 0.3 is 5.51 Å². The van der Waals surface area contributed by atoms with E-state index in [9.17, 15) is 13.2 Å². The van der Waals surface area contributed by atoms with Crippen molar-refractivity contribution in [2.45, 2.75) is 20.2 Å². The molecule has 0 aliphatic heterocycles. The zero-order valence-electron chi connectivity index (χ0n) is 15.6. The highest BCUT2D eigenvalue weighted by atomic mass is 79.9. The maximum Gasteiger partial charge on any atom is 0.485 e. The molecule has 0 aliphatic rings. The molecule has 0 heterocycles. The standard InChI is InChI=1S/C18H9Br6S.CHF3O3S/c19-10-6-13(21)17(14(22)7-10)25(12-4-2-1-3-5-12)18-15(23)8-11(20)9-16(18)24;2-1(3,4)8(5,6)7/h1-9H;(H,5,6,7)/q+1;/p-1. The number of hydrogen-bond donors (Lipinski definition) is 0. The van der Waals surface area contributed by atoms with Crippen molar-refractivity contribution in [1.29, 1.82) is 0 Å². The molecule has 0 saturated heterocycles. The van der Waals surface area contributed by atoms with Crippen molar-refractivity contribution in [2.75, 3.05) is 0 Å². The van der Waals surface area contributed by atoms with Crippen LogP contribution < -0.4 is 0 Å². The lowest BCUT2D eigenvalue weighted by Crippen LogP contribution is -2.21. The number of alkyl halides is 3.